The SMILES string of the molecule is CO/C(=C\C=C\c1cc2cc(Cl)c(Cl)cc2[nH]1)C(=O)NCCCN1CCN(c2cccc(OCC(=O)Nc3ccccc3)c2)CC1. The van der Waals surface area contributed by atoms with Crippen LogP contribution >= 0.6 is 23.2 Å². The molecule has 3 aromatic carbocycles. The molecule has 2 amide bonds. The van der Waals surface area contributed by atoms with Crippen molar-refractivity contribution in [2.45, 2.75) is 6.42 Å². The molecule has 1 saturated heterocycles. The number of benzene rings is 3. The fraction of sp³-hybridized carbons (Fsp3) is 0.257. The zero-order chi connectivity index (χ0) is 32.3. The second kappa shape index (κ2) is 16.2. The summed E-state index contributed by atoms with van der Waals surface area (Å²) in [6, 6.07) is 22.7. The number of rotatable bonds is 13. The average Bonchev–Trinajstić information content (AvgIpc) is 3.46. The number of nitrogens with zero attached hydrogens (tertiary/aromatic N) is 2. The molecule has 1 fully saturated rings. The second-order valence-electron chi connectivity index (χ2n) is 10.8. The van der Waals surface area contributed by atoms with Gasteiger partial charge in [0.25, 0.3) is 11.8 Å². The van der Waals surface area contributed by atoms with Gasteiger partial charge in [-0.1, -0.05) is 53.5 Å². The van der Waals surface area contributed by atoms with E-state index in [0.717, 1.165) is 67.1 Å². The van der Waals surface area contributed by atoms with Crippen LogP contribution in [0.3, 0.4) is 0 Å². The van der Waals surface area contributed by atoms with Crippen molar-refractivity contribution < 1.29 is 19.1 Å². The predicted molar refractivity (Wildman–Crippen MR) is 186 cm³/mol. The van der Waals surface area contributed by atoms with Gasteiger partial charge in [0.2, 0.25) is 0 Å². The zero-order valence-electron chi connectivity index (χ0n) is 25.6. The summed E-state index contributed by atoms with van der Waals surface area (Å²) in [5.41, 5.74) is 3.54. The van der Waals surface area contributed by atoms with Crippen LogP contribution in [-0.4, -0.2) is 74.7 Å². The standard InChI is InChI=1S/C35H37Cl2N5O4/c1-45-33(13-5-10-27-20-25-21-30(36)31(37)23-32(25)39-27)35(44)38-14-7-15-41-16-18-42(19-17-41)28-11-6-12-29(22-28)46-24-34(43)40-26-8-3-2-4-9-26/h2-6,8-13,20-23,39H,7,14-19,24H2,1H3,(H,38,44)(H,40,43)/b10-5+,33-13-. The van der Waals surface area contributed by atoms with Gasteiger partial charge in [0.15, 0.2) is 12.4 Å². The van der Waals surface area contributed by atoms with Crippen molar-refractivity contribution in [3.8, 4) is 5.75 Å². The monoisotopic (exact) mass is 661 g/mol. The number of para-hydroxylation sites is 1. The van der Waals surface area contributed by atoms with Gasteiger partial charge >= 0.3 is 0 Å². The molecule has 0 unspecified atom stereocenters. The fourth-order valence-corrected chi connectivity index (χ4v) is 5.51. The number of hydrogen-bond donors (Lipinski definition) is 3. The van der Waals surface area contributed by atoms with Crippen LogP contribution in [0.25, 0.3) is 17.0 Å². The van der Waals surface area contributed by atoms with Crippen LogP contribution in [0.5, 0.6) is 5.75 Å². The van der Waals surface area contributed by atoms with Crippen molar-refractivity contribution in [2.75, 3.05) is 63.2 Å². The summed E-state index contributed by atoms with van der Waals surface area (Å²) in [6.07, 6.45) is 6.08. The van der Waals surface area contributed by atoms with Gasteiger partial charge in [-0.05, 0) is 67.6 Å². The molecule has 1 aliphatic heterocycles. The quantitative estimate of drug-likeness (QED) is 0.0667. The highest BCUT2D eigenvalue weighted by Crippen LogP contribution is 2.28. The van der Waals surface area contributed by atoms with Crippen molar-refractivity contribution in [1.82, 2.24) is 15.2 Å². The van der Waals surface area contributed by atoms with E-state index in [1.807, 2.05) is 66.7 Å². The number of halogens is 2. The second-order valence-corrected chi connectivity index (χ2v) is 11.6. The first-order valence-electron chi connectivity index (χ1n) is 15.1. The highest BCUT2D eigenvalue weighted by Gasteiger charge is 2.18. The molecule has 0 spiro atoms. The summed E-state index contributed by atoms with van der Waals surface area (Å²) in [5.74, 6) is 0.432. The molecule has 1 aromatic heterocycles. The molecule has 0 radical (unpaired) electrons. The molecule has 3 N–H and O–H groups in total. The molecule has 0 saturated carbocycles. The van der Waals surface area contributed by atoms with Gasteiger partial charge in [0, 0.05) is 66.8 Å². The summed E-state index contributed by atoms with van der Waals surface area (Å²) < 4.78 is 11.1. The van der Waals surface area contributed by atoms with E-state index in [1.165, 1.54) is 7.11 Å². The van der Waals surface area contributed by atoms with E-state index in [-0.39, 0.29) is 24.2 Å². The lowest BCUT2D eigenvalue weighted by molar-refractivity contribution is -0.120. The van der Waals surface area contributed by atoms with E-state index < -0.39 is 0 Å². The highest BCUT2D eigenvalue weighted by molar-refractivity contribution is 6.42. The Kier molecular flexibility index (Phi) is 11.6. The van der Waals surface area contributed by atoms with Crippen LogP contribution in [-0.2, 0) is 14.3 Å². The van der Waals surface area contributed by atoms with Crippen LogP contribution in [0, 0.1) is 0 Å². The van der Waals surface area contributed by atoms with E-state index in [9.17, 15) is 9.59 Å². The summed E-state index contributed by atoms with van der Waals surface area (Å²) in [5, 5.41) is 7.71. The summed E-state index contributed by atoms with van der Waals surface area (Å²) >= 11 is 12.2. The van der Waals surface area contributed by atoms with E-state index in [2.05, 4.69) is 31.5 Å². The van der Waals surface area contributed by atoms with Gasteiger partial charge < -0.3 is 30.0 Å². The Bertz CT molecular complexity index is 1660. The molecule has 2 heterocycles. The Labute approximate surface area is 278 Å². The minimum Gasteiger partial charge on any atom is -0.491 e. The smallest absolute Gasteiger partial charge is 0.286 e. The molecule has 0 aliphatic carbocycles. The van der Waals surface area contributed by atoms with E-state index in [1.54, 1.807) is 18.2 Å². The molecule has 5 rings (SSSR count). The molecule has 0 atom stereocenters. The number of amides is 2. The Balaban J connectivity index is 1.00. The number of aromatic amines is 1. The largest absolute Gasteiger partial charge is 0.491 e. The van der Waals surface area contributed by atoms with Crippen LogP contribution in [0.4, 0.5) is 11.4 Å². The number of hydrogen-bond acceptors (Lipinski definition) is 6. The van der Waals surface area contributed by atoms with Crippen LogP contribution < -0.4 is 20.3 Å². The van der Waals surface area contributed by atoms with E-state index in [4.69, 9.17) is 32.7 Å². The first-order chi connectivity index (χ1) is 22.4. The molecular weight excluding hydrogens is 625 g/mol. The molecule has 1 aliphatic rings. The van der Waals surface area contributed by atoms with Crippen molar-refractivity contribution in [1.29, 1.82) is 0 Å². The number of H-pyrrole nitrogens is 1. The molecule has 0 bridgehead atoms. The van der Waals surface area contributed by atoms with Crippen LogP contribution in [0.1, 0.15) is 12.1 Å². The van der Waals surface area contributed by atoms with Gasteiger partial charge in [-0.3, -0.25) is 14.5 Å². The maximum absolute atomic E-state index is 12.6. The molecule has 240 valence electrons. The molecule has 9 nitrogen and oxygen atoms in total. The predicted octanol–water partition coefficient (Wildman–Crippen LogP) is 6.36. The van der Waals surface area contributed by atoms with Crippen molar-refractivity contribution in [3.63, 3.8) is 0 Å². The van der Waals surface area contributed by atoms with E-state index >= 15 is 0 Å². The summed E-state index contributed by atoms with van der Waals surface area (Å²) in [7, 11) is 1.48. The molecule has 4 aromatic rings. The maximum atomic E-state index is 12.6. The average molecular weight is 663 g/mol. The lowest BCUT2D eigenvalue weighted by Crippen LogP contribution is -2.47. The van der Waals surface area contributed by atoms with Gasteiger partial charge in [-0.15, -0.1) is 0 Å². The van der Waals surface area contributed by atoms with Crippen molar-refractivity contribution in [2.24, 2.45) is 0 Å². The first kappa shape index (κ1) is 32.9. The number of fused-ring (bicyclic) bond motifs is 1. The number of carbonyl (C=O) groups excluding carboxylic acids is 2. The van der Waals surface area contributed by atoms with Crippen LogP contribution in [0.15, 0.2) is 90.7 Å². The normalized spacial score (nSPS) is 14.1. The van der Waals surface area contributed by atoms with Gasteiger partial charge in [-0.25, -0.2) is 0 Å². The molecular formula is C35H37Cl2N5O4. The Hall–Kier alpha value is -4.44. The van der Waals surface area contributed by atoms with E-state index in [0.29, 0.717) is 22.3 Å². The van der Waals surface area contributed by atoms with Crippen molar-refractivity contribution in [3.05, 3.63) is 106 Å². The summed E-state index contributed by atoms with van der Waals surface area (Å²) in [4.78, 5) is 32.9. The zero-order valence-corrected chi connectivity index (χ0v) is 27.1. The third-order valence-corrected chi connectivity index (χ3v) is 8.29. The third-order valence-electron chi connectivity index (χ3n) is 7.57. The number of carbonyl (C=O) groups is 2. The van der Waals surface area contributed by atoms with Crippen molar-refractivity contribution >= 4 is 63.4 Å². The number of methoxy groups -OCH3 is 1. The third kappa shape index (κ3) is 9.29. The number of nitrogens with one attached hydrogen (secondary N) is 3. The summed E-state index contributed by atoms with van der Waals surface area (Å²) in [6.45, 7) is 4.96. The Morgan fingerprint density at radius 3 is 2.52 bits per heavy atom. The first-order valence-corrected chi connectivity index (χ1v) is 15.9. The lowest BCUT2D eigenvalue weighted by Gasteiger charge is -2.36. The highest BCUT2D eigenvalue weighted by atomic mass is 35.5. The van der Waals surface area contributed by atoms with Crippen LogP contribution in [0.2, 0.25) is 10.0 Å². The van der Waals surface area contributed by atoms with Gasteiger partial charge in [0.05, 0.1) is 17.2 Å². The number of ether oxygens (including phenoxy) is 2. The fourth-order valence-electron chi connectivity index (χ4n) is 5.17. The number of piperazine rings is 1. The maximum Gasteiger partial charge on any atom is 0.286 e. The molecule has 46 heavy (non-hydrogen) atoms. The number of anilines is 2. The van der Waals surface area contributed by atoms with Gasteiger partial charge in [0.1, 0.15) is 5.75 Å². The Morgan fingerprint density at radius 1 is 0.957 bits per heavy atom. The van der Waals surface area contributed by atoms with Gasteiger partial charge in [-0.2, -0.15) is 0 Å². The molecule has 11 heteroatoms. The number of allylic oxidation sites excluding steroid dienone is 2. The topological polar surface area (TPSA) is 98.9 Å². The Morgan fingerprint density at radius 2 is 1.74 bits per heavy atom. The minimum atomic E-state index is -0.258. The lowest BCUT2D eigenvalue weighted by atomic mass is 10.2. The number of aromatic nitrogens is 1. The minimum absolute atomic E-state index is 0.0574.